The number of benzene rings is 3. The van der Waals surface area contributed by atoms with Gasteiger partial charge in [-0.05, 0) is 66.3 Å². The monoisotopic (exact) mass is 546 g/mol. The minimum absolute atomic E-state index is 0.0171. The number of aliphatic hydroxyl groups excluding tert-OH is 2. The lowest BCUT2D eigenvalue weighted by Gasteiger charge is -2.30. The van der Waals surface area contributed by atoms with E-state index in [1.165, 1.54) is 11.1 Å². The van der Waals surface area contributed by atoms with E-state index in [0.717, 1.165) is 23.6 Å². The van der Waals surface area contributed by atoms with Crippen molar-refractivity contribution < 1.29 is 19.8 Å². The fourth-order valence-electron chi connectivity index (χ4n) is 5.21. The molecular weight excluding hydrogens is 500 g/mol. The van der Waals surface area contributed by atoms with E-state index in [2.05, 4.69) is 41.8 Å². The van der Waals surface area contributed by atoms with Gasteiger partial charge < -0.3 is 20.8 Å². The Hall–Kier alpha value is -3.22. The van der Waals surface area contributed by atoms with Gasteiger partial charge in [0.05, 0.1) is 12.1 Å². The molecule has 0 saturated carbocycles. The van der Waals surface area contributed by atoms with Crippen molar-refractivity contribution >= 4 is 22.6 Å². The molecule has 0 aromatic heterocycles. The van der Waals surface area contributed by atoms with Crippen LogP contribution in [0.2, 0.25) is 0 Å². The third kappa shape index (κ3) is 8.90. The normalized spacial score (nSPS) is 14.6. The Morgan fingerprint density at radius 1 is 0.825 bits per heavy atom. The molecule has 0 heterocycles. The van der Waals surface area contributed by atoms with Crippen molar-refractivity contribution in [1.82, 2.24) is 10.6 Å². The van der Waals surface area contributed by atoms with Crippen LogP contribution in [-0.4, -0.2) is 40.7 Å². The maximum absolute atomic E-state index is 13.2. The lowest BCUT2D eigenvalue weighted by atomic mass is 9.85. The zero-order chi connectivity index (χ0) is 29.2. The van der Waals surface area contributed by atoms with Gasteiger partial charge in [0.25, 0.3) is 5.91 Å². The number of aryl methyl sites for hydroxylation is 2. The van der Waals surface area contributed by atoms with Crippen molar-refractivity contribution in [2.45, 2.75) is 78.6 Å². The van der Waals surface area contributed by atoms with E-state index in [0.29, 0.717) is 18.5 Å². The molecule has 4 N–H and O–H groups in total. The van der Waals surface area contributed by atoms with Crippen LogP contribution in [0.4, 0.5) is 0 Å². The van der Waals surface area contributed by atoms with E-state index >= 15 is 0 Å². The second kappa shape index (κ2) is 15.0. The summed E-state index contributed by atoms with van der Waals surface area (Å²) in [6.45, 7) is 10.6. The quantitative estimate of drug-likeness (QED) is 0.201. The summed E-state index contributed by atoms with van der Waals surface area (Å²) in [5, 5.41) is 29.9. The number of hydrogen-bond acceptors (Lipinski definition) is 4. The van der Waals surface area contributed by atoms with Gasteiger partial charge in [-0.15, -0.1) is 0 Å². The number of hydrogen-bond donors (Lipinski definition) is 4. The fraction of sp³-hybridized carbons (Fsp3) is 0.471. The van der Waals surface area contributed by atoms with Crippen LogP contribution < -0.4 is 10.6 Å². The molecular formula is C34H46N2O4. The van der Waals surface area contributed by atoms with Crippen molar-refractivity contribution in [3.8, 4) is 0 Å². The van der Waals surface area contributed by atoms with Crippen LogP contribution in [0.5, 0.6) is 0 Å². The van der Waals surface area contributed by atoms with Crippen molar-refractivity contribution in [1.29, 1.82) is 0 Å². The number of rotatable bonds is 14. The summed E-state index contributed by atoms with van der Waals surface area (Å²) in [7, 11) is 0. The molecule has 4 atom stereocenters. The van der Waals surface area contributed by atoms with E-state index in [1.54, 1.807) is 6.07 Å². The Balaban J connectivity index is 1.62. The van der Waals surface area contributed by atoms with E-state index < -0.39 is 30.1 Å². The smallest absolute Gasteiger partial charge is 0.253 e. The molecule has 0 spiro atoms. The molecule has 0 aliphatic rings. The molecule has 3 aromatic carbocycles. The first-order chi connectivity index (χ1) is 19.1. The highest BCUT2D eigenvalue weighted by atomic mass is 16.3. The van der Waals surface area contributed by atoms with Crippen LogP contribution in [0.3, 0.4) is 0 Å². The minimum Gasteiger partial charge on any atom is -0.391 e. The standard InChI is InChI=1S/C34H46N2O4/c1-22(2)20-30(36-34(40)32(38)28-14-8-12-26-11-6-7-13-27(26)28)31(37)21-29(23(3)4)33(39)35-19-9-10-25-17-15-24(5)16-18-25/h6-8,11-18,22-23,29-32,37-38H,9-10,19-21H2,1-5H3,(H,35,39)(H,36,40). The number of fused-ring (bicyclic) bond motifs is 1. The van der Waals surface area contributed by atoms with Crippen LogP contribution >= 0.6 is 0 Å². The summed E-state index contributed by atoms with van der Waals surface area (Å²) in [5.74, 6) is -0.818. The van der Waals surface area contributed by atoms with Crippen LogP contribution in [0.1, 0.15) is 69.8 Å². The highest BCUT2D eigenvalue weighted by Crippen LogP contribution is 2.26. The van der Waals surface area contributed by atoms with E-state index in [9.17, 15) is 19.8 Å². The summed E-state index contributed by atoms with van der Waals surface area (Å²) in [6.07, 6.45) is 0.168. The van der Waals surface area contributed by atoms with Crippen molar-refractivity contribution in [3.05, 3.63) is 83.4 Å². The van der Waals surface area contributed by atoms with Crippen LogP contribution in [0.25, 0.3) is 10.8 Å². The van der Waals surface area contributed by atoms with Gasteiger partial charge in [-0.1, -0.05) is 100.0 Å². The topological polar surface area (TPSA) is 98.7 Å². The first-order valence-electron chi connectivity index (χ1n) is 14.5. The summed E-state index contributed by atoms with van der Waals surface area (Å²) < 4.78 is 0. The molecule has 0 saturated heterocycles. The third-order valence-corrected chi connectivity index (χ3v) is 7.58. The van der Waals surface area contributed by atoms with Crippen LogP contribution in [0, 0.1) is 24.7 Å². The van der Waals surface area contributed by atoms with Gasteiger partial charge in [0.2, 0.25) is 5.91 Å². The van der Waals surface area contributed by atoms with Gasteiger partial charge in [-0.3, -0.25) is 9.59 Å². The van der Waals surface area contributed by atoms with Crippen molar-refractivity contribution in [2.75, 3.05) is 6.54 Å². The summed E-state index contributed by atoms with van der Waals surface area (Å²) in [4.78, 5) is 26.3. The molecule has 0 bridgehead atoms. The second-order valence-corrected chi connectivity index (χ2v) is 11.7. The fourth-order valence-corrected chi connectivity index (χ4v) is 5.21. The molecule has 0 aliphatic carbocycles. The highest BCUT2D eigenvalue weighted by Gasteiger charge is 2.32. The number of aliphatic hydroxyl groups is 2. The zero-order valence-corrected chi connectivity index (χ0v) is 24.6. The van der Waals surface area contributed by atoms with Crippen molar-refractivity contribution in [3.63, 3.8) is 0 Å². The number of carbonyl (C=O) groups is 2. The van der Waals surface area contributed by atoms with Gasteiger partial charge in [0, 0.05) is 12.5 Å². The summed E-state index contributed by atoms with van der Waals surface area (Å²) in [6, 6.07) is 21.0. The molecule has 3 aromatic rings. The predicted molar refractivity (Wildman–Crippen MR) is 162 cm³/mol. The third-order valence-electron chi connectivity index (χ3n) is 7.58. The highest BCUT2D eigenvalue weighted by molar-refractivity contribution is 5.92. The SMILES string of the molecule is Cc1ccc(CCCNC(=O)C(CC(O)C(CC(C)C)NC(=O)C(O)c2cccc3ccccc23)C(C)C)cc1. The lowest BCUT2D eigenvalue weighted by Crippen LogP contribution is -2.48. The predicted octanol–water partition coefficient (Wildman–Crippen LogP) is 5.48. The summed E-state index contributed by atoms with van der Waals surface area (Å²) >= 11 is 0. The zero-order valence-electron chi connectivity index (χ0n) is 24.6. The van der Waals surface area contributed by atoms with Gasteiger partial charge in [0.1, 0.15) is 0 Å². The van der Waals surface area contributed by atoms with Gasteiger partial charge in [-0.25, -0.2) is 0 Å². The molecule has 40 heavy (non-hydrogen) atoms. The van der Waals surface area contributed by atoms with Crippen LogP contribution in [0.15, 0.2) is 66.7 Å². The van der Waals surface area contributed by atoms with Crippen LogP contribution in [-0.2, 0) is 16.0 Å². The number of nitrogens with one attached hydrogen (secondary N) is 2. The molecule has 0 radical (unpaired) electrons. The Morgan fingerprint density at radius 2 is 1.50 bits per heavy atom. The van der Waals surface area contributed by atoms with Gasteiger partial charge in [-0.2, -0.15) is 0 Å². The molecule has 6 heteroatoms. The Morgan fingerprint density at radius 3 is 2.17 bits per heavy atom. The van der Waals surface area contributed by atoms with E-state index in [-0.39, 0.29) is 24.2 Å². The summed E-state index contributed by atoms with van der Waals surface area (Å²) in [5.41, 5.74) is 3.00. The van der Waals surface area contributed by atoms with E-state index in [4.69, 9.17) is 0 Å². The lowest BCUT2D eigenvalue weighted by molar-refractivity contribution is -0.131. The molecule has 0 aliphatic heterocycles. The number of carbonyl (C=O) groups excluding carboxylic acids is 2. The first-order valence-corrected chi connectivity index (χ1v) is 14.5. The molecule has 6 nitrogen and oxygen atoms in total. The van der Waals surface area contributed by atoms with Gasteiger partial charge in [0.15, 0.2) is 6.10 Å². The Labute approximate surface area is 239 Å². The minimum atomic E-state index is -1.37. The first kappa shape index (κ1) is 31.3. The Kier molecular flexibility index (Phi) is 11.7. The maximum Gasteiger partial charge on any atom is 0.253 e. The Bertz CT molecular complexity index is 1230. The second-order valence-electron chi connectivity index (χ2n) is 11.7. The van der Waals surface area contributed by atoms with Crippen molar-refractivity contribution in [2.24, 2.45) is 17.8 Å². The molecule has 216 valence electrons. The van der Waals surface area contributed by atoms with Gasteiger partial charge >= 0.3 is 0 Å². The molecule has 3 rings (SSSR count). The average Bonchev–Trinajstić information content (AvgIpc) is 2.93. The molecule has 2 amide bonds. The van der Waals surface area contributed by atoms with E-state index in [1.807, 2.05) is 64.1 Å². The maximum atomic E-state index is 13.2. The molecule has 4 unspecified atom stereocenters. The largest absolute Gasteiger partial charge is 0.391 e. The average molecular weight is 547 g/mol. The molecule has 0 fully saturated rings. The number of amides is 2.